The maximum Gasteiger partial charge on any atom is 0.193 e. The summed E-state index contributed by atoms with van der Waals surface area (Å²) in [6.45, 7) is 8.02. The summed E-state index contributed by atoms with van der Waals surface area (Å²) in [5, 5.41) is 7.67. The molecule has 0 bridgehead atoms. The van der Waals surface area contributed by atoms with E-state index in [0.717, 1.165) is 50.9 Å². The van der Waals surface area contributed by atoms with Crippen molar-refractivity contribution < 1.29 is 4.52 Å². The second-order valence-electron chi connectivity index (χ2n) is 7.75. The molecule has 1 aliphatic heterocycles. The van der Waals surface area contributed by atoms with Crippen molar-refractivity contribution in [1.29, 1.82) is 0 Å². The van der Waals surface area contributed by atoms with Crippen LogP contribution in [0.4, 0.5) is 0 Å². The third-order valence-corrected chi connectivity index (χ3v) is 5.92. The first-order valence-electron chi connectivity index (χ1n) is 9.83. The first kappa shape index (κ1) is 21.1. The van der Waals surface area contributed by atoms with Crippen molar-refractivity contribution in [3.05, 3.63) is 53.4 Å². The highest BCUT2D eigenvalue weighted by molar-refractivity contribution is 14.0. The van der Waals surface area contributed by atoms with Gasteiger partial charge in [0.25, 0.3) is 0 Å². The molecule has 1 saturated heterocycles. The Labute approximate surface area is 184 Å². The van der Waals surface area contributed by atoms with Crippen LogP contribution in [0.1, 0.15) is 29.7 Å². The molecule has 1 aromatic carbocycles. The average Bonchev–Trinajstić information content (AvgIpc) is 3.30. The highest BCUT2D eigenvalue weighted by Crippen LogP contribution is 2.48. The van der Waals surface area contributed by atoms with Gasteiger partial charge in [0.15, 0.2) is 5.96 Å². The Bertz CT molecular complexity index is 780. The second-order valence-corrected chi connectivity index (χ2v) is 7.75. The molecule has 0 atom stereocenters. The van der Waals surface area contributed by atoms with Crippen LogP contribution in [0.25, 0.3) is 0 Å². The van der Waals surface area contributed by atoms with Crippen molar-refractivity contribution in [2.75, 3.05) is 39.8 Å². The summed E-state index contributed by atoms with van der Waals surface area (Å²) in [4.78, 5) is 9.33. The first-order valence-corrected chi connectivity index (χ1v) is 9.83. The molecular weight excluding hydrogens is 465 g/mol. The second kappa shape index (κ2) is 9.26. The van der Waals surface area contributed by atoms with Crippen LogP contribution in [0.5, 0.6) is 0 Å². The summed E-state index contributed by atoms with van der Waals surface area (Å²) >= 11 is 0. The summed E-state index contributed by atoms with van der Waals surface area (Å²) in [6, 6.07) is 10.7. The third-order valence-electron chi connectivity index (χ3n) is 5.92. The van der Waals surface area contributed by atoms with Gasteiger partial charge in [0.2, 0.25) is 0 Å². The van der Waals surface area contributed by atoms with Crippen molar-refractivity contribution in [2.24, 2.45) is 4.99 Å². The lowest BCUT2D eigenvalue weighted by molar-refractivity contribution is 0.169. The zero-order valence-corrected chi connectivity index (χ0v) is 19.1. The van der Waals surface area contributed by atoms with Crippen LogP contribution in [0.2, 0.25) is 0 Å². The van der Waals surface area contributed by atoms with E-state index in [1.54, 1.807) is 6.26 Å². The molecule has 2 aromatic rings. The number of hydrogen-bond donors (Lipinski definition) is 1. The molecule has 0 amide bonds. The summed E-state index contributed by atoms with van der Waals surface area (Å²) in [6.07, 6.45) is 4.15. The van der Waals surface area contributed by atoms with Crippen LogP contribution in [0.15, 0.2) is 46.1 Å². The van der Waals surface area contributed by atoms with E-state index in [1.807, 2.05) is 13.1 Å². The van der Waals surface area contributed by atoms with Crippen molar-refractivity contribution in [1.82, 2.24) is 20.3 Å². The maximum absolute atomic E-state index is 4.93. The van der Waals surface area contributed by atoms with Gasteiger partial charge in [-0.25, -0.2) is 0 Å². The van der Waals surface area contributed by atoms with Crippen LogP contribution in [-0.4, -0.2) is 60.7 Å². The Balaban J connectivity index is 0.00000225. The monoisotopic (exact) mass is 495 g/mol. The van der Waals surface area contributed by atoms with Crippen LogP contribution in [0.3, 0.4) is 0 Å². The standard InChI is InChI=1S/C21H29N5O.HI/c1-17-5-3-4-6-19(17)21(8-9-21)16-23-20(22-2)26-12-10-25(11-13-26)15-18-7-14-27-24-18;/h3-7,14H,8-13,15-16H2,1-2H3,(H,22,23);1H. The highest BCUT2D eigenvalue weighted by Gasteiger charge is 2.45. The molecule has 4 rings (SSSR count). The van der Waals surface area contributed by atoms with Gasteiger partial charge in [0.05, 0.1) is 5.69 Å². The van der Waals surface area contributed by atoms with Gasteiger partial charge in [-0.2, -0.15) is 0 Å². The summed E-state index contributed by atoms with van der Waals surface area (Å²) in [5.41, 5.74) is 4.18. The Hall–Kier alpha value is -1.61. The fraction of sp³-hybridized carbons (Fsp3) is 0.524. The number of aryl methyl sites for hydroxylation is 1. The van der Waals surface area contributed by atoms with Gasteiger partial charge >= 0.3 is 0 Å². The number of aliphatic imine (C=N–C) groups is 1. The summed E-state index contributed by atoms with van der Waals surface area (Å²) < 4.78 is 4.93. The van der Waals surface area contributed by atoms with Crippen molar-refractivity contribution >= 4 is 29.9 Å². The summed E-state index contributed by atoms with van der Waals surface area (Å²) in [7, 11) is 1.89. The fourth-order valence-electron chi connectivity index (χ4n) is 4.11. The number of aromatic nitrogens is 1. The number of nitrogens with one attached hydrogen (secondary N) is 1. The molecule has 2 fully saturated rings. The Kier molecular flexibility index (Phi) is 6.98. The van der Waals surface area contributed by atoms with E-state index in [2.05, 4.69) is 56.5 Å². The fourth-order valence-corrected chi connectivity index (χ4v) is 4.11. The van der Waals surface area contributed by atoms with Crippen molar-refractivity contribution in [3.8, 4) is 0 Å². The summed E-state index contributed by atoms with van der Waals surface area (Å²) in [5.74, 6) is 1.02. The number of nitrogens with zero attached hydrogens (tertiary/aromatic N) is 4. The number of rotatable bonds is 5. The predicted molar refractivity (Wildman–Crippen MR) is 122 cm³/mol. The predicted octanol–water partition coefficient (Wildman–Crippen LogP) is 3.03. The minimum Gasteiger partial charge on any atom is -0.364 e. The molecular formula is C21H30IN5O. The zero-order valence-electron chi connectivity index (χ0n) is 16.7. The molecule has 28 heavy (non-hydrogen) atoms. The minimum absolute atomic E-state index is 0. The molecule has 1 N–H and O–H groups in total. The van der Waals surface area contributed by atoms with E-state index in [1.165, 1.54) is 24.0 Å². The Morgan fingerprint density at radius 1 is 1.18 bits per heavy atom. The number of piperazine rings is 1. The van der Waals surface area contributed by atoms with Crippen molar-refractivity contribution in [3.63, 3.8) is 0 Å². The van der Waals surface area contributed by atoms with Gasteiger partial charge < -0.3 is 14.7 Å². The first-order chi connectivity index (χ1) is 13.2. The molecule has 6 nitrogen and oxygen atoms in total. The molecule has 152 valence electrons. The van der Waals surface area contributed by atoms with E-state index in [0.29, 0.717) is 0 Å². The zero-order chi connectivity index (χ0) is 18.7. The number of guanidine groups is 1. The van der Waals surface area contributed by atoms with Gasteiger partial charge in [0, 0.05) is 57.8 Å². The highest BCUT2D eigenvalue weighted by atomic mass is 127. The van der Waals surface area contributed by atoms with Crippen LogP contribution < -0.4 is 5.32 Å². The topological polar surface area (TPSA) is 56.9 Å². The average molecular weight is 495 g/mol. The Morgan fingerprint density at radius 2 is 1.93 bits per heavy atom. The number of hydrogen-bond acceptors (Lipinski definition) is 4. The van der Waals surface area contributed by atoms with Crippen LogP contribution in [-0.2, 0) is 12.0 Å². The normalized spacial score (nSPS) is 19.2. The molecule has 0 radical (unpaired) electrons. The van der Waals surface area contributed by atoms with E-state index >= 15 is 0 Å². The molecule has 1 aliphatic carbocycles. The minimum atomic E-state index is 0. The van der Waals surface area contributed by atoms with Crippen LogP contribution in [0, 0.1) is 6.92 Å². The Morgan fingerprint density at radius 3 is 2.54 bits per heavy atom. The largest absolute Gasteiger partial charge is 0.364 e. The molecule has 0 spiro atoms. The van der Waals surface area contributed by atoms with E-state index in [9.17, 15) is 0 Å². The van der Waals surface area contributed by atoms with Crippen LogP contribution >= 0.6 is 24.0 Å². The SMILES string of the molecule is CN=C(NCC1(c2ccccc2C)CC1)N1CCN(Cc2ccon2)CC1.I. The maximum atomic E-state index is 4.93. The van der Waals surface area contributed by atoms with Gasteiger partial charge in [-0.05, 0) is 30.9 Å². The molecule has 1 saturated carbocycles. The lowest BCUT2D eigenvalue weighted by atomic mass is 9.92. The van der Waals surface area contributed by atoms with E-state index in [4.69, 9.17) is 4.52 Å². The lowest BCUT2D eigenvalue weighted by Gasteiger charge is -2.36. The van der Waals surface area contributed by atoms with E-state index < -0.39 is 0 Å². The molecule has 1 aromatic heterocycles. The van der Waals surface area contributed by atoms with E-state index in [-0.39, 0.29) is 29.4 Å². The molecule has 7 heteroatoms. The molecule has 2 heterocycles. The quantitative estimate of drug-likeness (QED) is 0.393. The number of halogens is 1. The lowest BCUT2D eigenvalue weighted by Crippen LogP contribution is -2.53. The third kappa shape index (κ3) is 4.68. The molecule has 2 aliphatic rings. The molecule has 0 unspecified atom stereocenters. The smallest absolute Gasteiger partial charge is 0.193 e. The number of benzene rings is 1. The van der Waals surface area contributed by atoms with Gasteiger partial charge in [-0.1, -0.05) is 29.4 Å². The van der Waals surface area contributed by atoms with Crippen molar-refractivity contribution in [2.45, 2.75) is 31.7 Å². The van der Waals surface area contributed by atoms with Gasteiger partial charge in [-0.3, -0.25) is 9.89 Å². The van der Waals surface area contributed by atoms with Gasteiger partial charge in [-0.15, -0.1) is 24.0 Å². The van der Waals surface area contributed by atoms with Gasteiger partial charge in [0.1, 0.15) is 6.26 Å².